The van der Waals surface area contributed by atoms with Crippen LogP contribution in [0.2, 0.25) is 0 Å². The second-order valence-corrected chi connectivity index (χ2v) is 5.67. The Kier molecular flexibility index (Phi) is 4.55. The average molecular weight is 330 g/mol. The van der Waals surface area contributed by atoms with Crippen LogP contribution in [0.15, 0.2) is 48.5 Å². The maximum Gasteiger partial charge on any atom is 0.227 e. The summed E-state index contributed by atoms with van der Waals surface area (Å²) in [6, 6.07) is 12.1. The molecule has 2 aromatic rings. The number of halogens is 2. The number of para-hydroxylation sites is 1. The van der Waals surface area contributed by atoms with Crippen LogP contribution in [0.25, 0.3) is 0 Å². The van der Waals surface area contributed by atoms with E-state index in [1.807, 2.05) is 0 Å². The molecular formula is C18H16F2N2O2. The van der Waals surface area contributed by atoms with E-state index < -0.39 is 17.6 Å². The third-order valence-electron chi connectivity index (χ3n) is 4.05. The van der Waals surface area contributed by atoms with Crippen molar-refractivity contribution in [3.8, 4) is 0 Å². The van der Waals surface area contributed by atoms with Crippen LogP contribution in [0.1, 0.15) is 12.0 Å². The Labute approximate surface area is 138 Å². The molecule has 124 valence electrons. The molecule has 0 radical (unpaired) electrons. The predicted molar refractivity (Wildman–Crippen MR) is 85.1 cm³/mol. The molecule has 0 aromatic heterocycles. The highest BCUT2D eigenvalue weighted by Crippen LogP contribution is 2.27. The number of carbonyl (C=O) groups excluding carboxylic acids is 2. The van der Waals surface area contributed by atoms with Crippen LogP contribution < -0.4 is 10.2 Å². The standard InChI is InChI=1S/C18H16F2N2O2/c19-14-6-2-1-5-12(14)10-21-18(24)13-9-17(23)22(11-13)16-8-4-3-7-15(16)20/h1-8,13H,9-11H2,(H,21,24)/t13-/m1/s1. The number of carbonyl (C=O) groups is 2. The Morgan fingerprint density at radius 1 is 1.08 bits per heavy atom. The van der Waals surface area contributed by atoms with Gasteiger partial charge in [-0.15, -0.1) is 0 Å². The molecule has 0 aliphatic carbocycles. The molecule has 0 spiro atoms. The van der Waals surface area contributed by atoms with E-state index in [-0.39, 0.29) is 37.0 Å². The van der Waals surface area contributed by atoms with Gasteiger partial charge in [0, 0.05) is 25.1 Å². The van der Waals surface area contributed by atoms with E-state index >= 15 is 0 Å². The Balaban J connectivity index is 1.64. The monoisotopic (exact) mass is 330 g/mol. The Hall–Kier alpha value is -2.76. The summed E-state index contributed by atoms with van der Waals surface area (Å²) in [6.45, 7) is 0.165. The molecule has 4 nitrogen and oxygen atoms in total. The van der Waals surface area contributed by atoms with E-state index in [0.717, 1.165) is 0 Å². The number of nitrogens with zero attached hydrogens (tertiary/aromatic N) is 1. The molecule has 3 rings (SSSR count). The SMILES string of the molecule is O=C(NCc1ccccc1F)[C@@H]1CC(=O)N(c2ccccc2F)C1. The van der Waals surface area contributed by atoms with Crippen LogP contribution in [0.5, 0.6) is 0 Å². The number of benzene rings is 2. The minimum atomic E-state index is -0.580. The van der Waals surface area contributed by atoms with Crippen molar-refractivity contribution in [3.05, 3.63) is 65.7 Å². The highest BCUT2D eigenvalue weighted by molar-refractivity contribution is 6.00. The molecule has 0 unspecified atom stereocenters. The smallest absolute Gasteiger partial charge is 0.227 e. The maximum atomic E-state index is 13.8. The van der Waals surface area contributed by atoms with Crippen LogP contribution in [0, 0.1) is 17.6 Å². The lowest BCUT2D eigenvalue weighted by Crippen LogP contribution is -2.33. The zero-order valence-corrected chi connectivity index (χ0v) is 12.8. The molecule has 1 N–H and O–H groups in total. The zero-order chi connectivity index (χ0) is 17.1. The molecule has 0 saturated carbocycles. The van der Waals surface area contributed by atoms with Gasteiger partial charge < -0.3 is 10.2 Å². The Bertz CT molecular complexity index is 779. The Morgan fingerprint density at radius 2 is 1.75 bits per heavy atom. The molecule has 1 aliphatic heterocycles. The van der Waals surface area contributed by atoms with Gasteiger partial charge in [-0.25, -0.2) is 8.78 Å². The van der Waals surface area contributed by atoms with Crippen molar-refractivity contribution in [2.24, 2.45) is 5.92 Å². The summed E-state index contributed by atoms with van der Waals surface area (Å²) in [6.07, 6.45) is 0.0113. The van der Waals surface area contributed by atoms with Crippen molar-refractivity contribution in [1.29, 1.82) is 0 Å². The van der Waals surface area contributed by atoms with Gasteiger partial charge in [-0.05, 0) is 18.2 Å². The molecule has 24 heavy (non-hydrogen) atoms. The summed E-state index contributed by atoms with van der Waals surface area (Å²) in [4.78, 5) is 25.6. The van der Waals surface area contributed by atoms with Gasteiger partial charge in [0.1, 0.15) is 11.6 Å². The Morgan fingerprint density at radius 3 is 2.46 bits per heavy atom. The third kappa shape index (κ3) is 3.27. The van der Waals surface area contributed by atoms with E-state index in [1.54, 1.807) is 24.3 Å². The summed E-state index contributed by atoms with van der Waals surface area (Å²) in [5.74, 6) is -2.12. The fourth-order valence-electron chi connectivity index (χ4n) is 2.76. The summed E-state index contributed by atoms with van der Waals surface area (Å²) >= 11 is 0. The molecule has 1 aliphatic rings. The van der Waals surface area contributed by atoms with Crippen LogP contribution in [-0.2, 0) is 16.1 Å². The topological polar surface area (TPSA) is 49.4 Å². The third-order valence-corrected chi connectivity index (χ3v) is 4.05. The van der Waals surface area contributed by atoms with E-state index in [2.05, 4.69) is 5.32 Å². The zero-order valence-electron chi connectivity index (χ0n) is 12.8. The van der Waals surface area contributed by atoms with Crippen molar-refractivity contribution < 1.29 is 18.4 Å². The van der Waals surface area contributed by atoms with E-state index in [0.29, 0.717) is 5.56 Å². The fraction of sp³-hybridized carbons (Fsp3) is 0.222. The number of amides is 2. The summed E-state index contributed by atoms with van der Waals surface area (Å²) in [5.41, 5.74) is 0.549. The van der Waals surface area contributed by atoms with Crippen molar-refractivity contribution >= 4 is 17.5 Å². The minimum Gasteiger partial charge on any atom is -0.352 e. The van der Waals surface area contributed by atoms with Gasteiger partial charge in [0.15, 0.2) is 0 Å². The first-order chi connectivity index (χ1) is 11.6. The van der Waals surface area contributed by atoms with Gasteiger partial charge >= 0.3 is 0 Å². The van der Waals surface area contributed by atoms with E-state index in [4.69, 9.17) is 0 Å². The first-order valence-electron chi connectivity index (χ1n) is 7.62. The van der Waals surface area contributed by atoms with Crippen molar-refractivity contribution in [1.82, 2.24) is 5.32 Å². The second-order valence-electron chi connectivity index (χ2n) is 5.67. The summed E-state index contributed by atoms with van der Waals surface area (Å²) in [7, 11) is 0. The average Bonchev–Trinajstić information content (AvgIpc) is 2.96. The van der Waals surface area contributed by atoms with Crippen LogP contribution in [0.4, 0.5) is 14.5 Å². The van der Waals surface area contributed by atoms with E-state index in [1.165, 1.54) is 29.2 Å². The number of nitrogens with one attached hydrogen (secondary N) is 1. The molecule has 1 fully saturated rings. The molecule has 6 heteroatoms. The van der Waals surface area contributed by atoms with Crippen LogP contribution >= 0.6 is 0 Å². The van der Waals surface area contributed by atoms with Gasteiger partial charge in [0.2, 0.25) is 11.8 Å². The predicted octanol–water partition coefficient (Wildman–Crippen LogP) is 2.63. The first kappa shape index (κ1) is 16.1. The van der Waals surface area contributed by atoms with Gasteiger partial charge in [0.05, 0.1) is 11.6 Å². The first-order valence-corrected chi connectivity index (χ1v) is 7.62. The minimum absolute atomic E-state index is 0.0113. The van der Waals surface area contributed by atoms with Gasteiger partial charge in [-0.3, -0.25) is 9.59 Å². The van der Waals surface area contributed by atoms with Gasteiger partial charge in [0.25, 0.3) is 0 Å². The molecule has 0 bridgehead atoms. The normalized spacial score (nSPS) is 17.2. The van der Waals surface area contributed by atoms with Crippen molar-refractivity contribution in [2.45, 2.75) is 13.0 Å². The molecule has 2 aromatic carbocycles. The lowest BCUT2D eigenvalue weighted by Gasteiger charge is -2.17. The number of hydrogen-bond donors (Lipinski definition) is 1. The highest BCUT2D eigenvalue weighted by atomic mass is 19.1. The fourth-order valence-corrected chi connectivity index (χ4v) is 2.76. The van der Waals surface area contributed by atoms with Crippen LogP contribution in [0.3, 0.4) is 0 Å². The lowest BCUT2D eigenvalue weighted by atomic mass is 10.1. The highest BCUT2D eigenvalue weighted by Gasteiger charge is 2.36. The molecule has 2 amide bonds. The largest absolute Gasteiger partial charge is 0.352 e. The molecular weight excluding hydrogens is 314 g/mol. The van der Waals surface area contributed by atoms with Gasteiger partial charge in [-0.2, -0.15) is 0 Å². The second kappa shape index (κ2) is 6.78. The number of rotatable bonds is 4. The van der Waals surface area contributed by atoms with E-state index in [9.17, 15) is 18.4 Å². The molecule has 1 heterocycles. The number of hydrogen-bond acceptors (Lipinski definition) is 2. The van der Waals surface area contributed by atoms with Gasteiger partial charge in [-0.1, -0.05) is 30.3 Å². The van der Waals surface area contributed by atoms with Crippen molar-refractivity contribution in [3.63, 3.8) is 0 Å². The lowest BCUT2D eigenvalue weighted by molar-refractivity contribution is -0.126. The molecule has 1 atom stereocenters. The summed E-state index contributed by atoms with van der Waals surface area (Å²) < 4.78 is 27.4. The van der Waals surface area contributed by atoms with Crippen molar-refractivity contribution in [2.75, 3.05) is 11.4 Å². The molecule has 1 saturated heterocycles. The maximum absolute atomic E-state index is 13.8. The number of anilines is 1. The summed E-state index contributed by atoms with van der Waals surface area (Å²) in [5, 5.41) is 2.64. The van der Waals surface area contributed by atoms with Crippen LogP contribution in [-0.4, -0.2) is 18.4 Å². The quantitative estimate of drug-likeness (QED) is 0.937.